The summed E-state index contributed by atoms with van der Waals surface area (Å²) >= 11 is 1.86. The van der Waals surface area contributed by atoms with E-state index in [2.05, 4.69) is 24.5 Å². The number of nitrogens with zero attached hydrogens (tertiary/aromatic N) is 1. The van der Waals surface area contributed by atoms with Gasteiger partial charge in [-0.25, -0.2) is 4.98 Å². The monoisotopic (exact) mass is 222 g/mol. The summed E-state index contributed by atoms with van der Waals surface area (Å²) in [5, 5.41) is 7.13. The molecule has 0 bridgehead atoms. The zero-order valence-electron chi connectivity index (χ0n) is 9.42. The fraction of sp³-hybridized carbons (Fsp3) is 0.750. The Labute approximate surface area is 95.1 Å². The van der Waals surface area contributed by atoms with Gasteiger partial charge in [0.05, 0.1) is 16.7 Å². The molecule has 2 heterocycles. The molecule has 0 aromatic carbocycles. The van der Waals surface area contributed by atoms with Crippen molar-refractivity contribution in [2.24, 2.45) is 5.41 Å². The number of rotatable bonds is 2. The van der Waals surface area contributed by atoms with Crippen LogP contribution in [-0.4, -0.2) is 11.5 Å². The van der Waals surface area contributed by atoms with E-state index in [1.54, 1.807) is 0 Å². The Bertz CT molecular complexity index is 344. The Morgan fingerprint density at radius 3 is 2.93 bits per heavy atom. The lowest BCUT2D eigenvalue weighted by Gasteiger charge is -2.05. The fourth-order valence-corrected chi connectivity index (χ4v) is 3.63. The van der Waals surface area contributed by atoms with Crippen LogP contribution in [0.5, 0.6) is 0 Å². The quantitative estimate of drug-likeness (QED) is 0.832. The van der Waals surface area contributed by atoms with Crippen LogP contribution in [0.1, 0.15) is 55.8 Å². The van der Waals surface area contributed by atoms with Crippen molar-refractivity contribution >= 4 is 11.3 Å². The smallest absolute Gasteiger partial charge is 0.0965 e. The van der Waals surface area contributed by atoms with Crippen LogP contribution in [0.25, 0.3) is 0 Å². The van der Waals surface area contributed by atoms with E-state index < -0.39 is 0 Å². The van der Waals surface area contributed by atoms with Crippen LogP contribution in [0.15, 0.2) is 5.38 Å². The van der Waals surface area contributed by atoms with Crippen LogP contribution >= 0.6 is 11.3 Å². The summed E-state index contributed by atoms with van der Waals surface area (Å²) in [5.74, 6) is 0.734. The Hall–Kier alpha value is -0.410. The van der Waals surface area contributed by atoms with Gasteiger partial charge in [-0.3, -0.25) is 0 Å². The lowest BCUT2D eigenvalue weighted by molar-refractivity contribution is 0.609. The molecule has 3 heteroatoms. The molecule has 1 aromatic heterocycles. The van der Waals surface area contributed by atoms with Gasteiger partial charge in [0.1, 0.15) is 0 Å². The summed E-state index contributed by atoms with van der Waals surface area (Å²) in [4.78, 5) is 4.81. The average molecular weight is 222 g/mol. The van der Waals surface area contributed by atoms with E-state index in [1.165, 1.54) is 30.0 Å². The largest absolute Gasteiger partial charge is 0.309 e. The first-order valence-electron chi connectivity index (χ1n) is 5.85. The van der Waals surface area contributed by atoms with Crippen LogP contribution in [0.3, 0.4) is 0 Å². The molecule has 1 N–H and O–H groups in total. The van der Waals surface area contributed by atoms with Crippen molar-refractivity contribution in [3.05, 3.63) is 16.1 Å². The second-order valence-electron chi connectivity index (χ2n) is 5.50. The SMILES string of the molecule is CC1(C)CC1c1nc([C@H]2CCCN2)cs1. The van der Waals surface area contributed by atoms with E-state index in [9.17, 15) is 0 Å². The lowest BCUT2D eigenvalue weighted by atomic mass is 10.1. The van der Waals surface area contributed by atoms with Gasteiger partial charge in [-0.15, -0.1) is 11.3 Å². The molecule has 3 rings (SSSR count). The summed E-state index contributed by atoms with van der Waals surface area (Å²) in [6.45, 7) is 5.84. The molecule has 82 valence electrons. The molecule has 0 amide bonds. The Morgan fingerprint density at radius 1 is 1.53 bits per heavy atom. The number of aromatic nitrogens is 1. The first-order valence-corrected chi connectivity index (χ1v) is 6.73. The van der Waals surface area contributed by atoms with Crippen LogP contribution in [0, 0.1) is 5.41 Å². The minimum atomic E-state index is 0.512. The lowest BCUT2D eigenvalue weighted by Crippen LogP contribution is -2.13. The standard InChI is InChI=1S/C12H18N2S/c1-12(2)6-8(12)11-14-10(7-15-11)9-4-3-5-13-9/h7-9,13H,3-6H2,1-2H3/t8?,9-/m1/s1. The van der Waals surface area contributed by atoms with Crippen molar-refractivity contribution in [1.82, 2.24) is 10.3 Å². The third-order valence-corrected chi connectivity index (χ3v) is 4.75. The first-order chi connectivity index (χ1) is 7.17. The molecule has 1 unspecified atom stereocenters. The molecule has 2 nitrogen and oxygen atoms in total. The van der Waals surface area contributed by atoms with Gasteiger partial charge in [0, 0.05) is 11.3 Å². The van der Waals surface area contributed by atoms with Gasteiger partial charge in [0.2, 0.25) is 0 Å². The van der Waals surface area contributed by atoms with Gasteiger partial charge in [0.15, 0.2) is 0 Å². The van der Waals surface area contributed by atoms with Crippen LogP contribution in [0.2, 0.25) is 0 Å². The van der Waals surface area contributed by atoms with E-state index in [-0.39, 0.29) is 0 Å². The molecular formula is C12H18N2S. The number of hydrogen-bond donors (Lipinski definition) is 1. The van der Waals surface area contributed by atoms with Gasteiger partial charge >= 0.3 is 0 Å². The molecule has 0 spiro atoms. The molecule has 2 aliphatic rings. The topological polar surface area (TPSA) is 24.9 Å². The highest BCUT2D eigenvalue weighted by molar-refractivity contribution is 7.09. The summed E-state index contributed by atoms with van der Waals surface area (Å²) < 4.78 is 0. The van der Waals surface area contributed by atoms with Crippen LogP contribution in [0.4, 0.5) is 0 Å². The van der Waals surface area contributed by atoms with Crippen molar-refractivity contribution in [3.63, 3.8) is 0 Å². The molecule has 1 aliphatic heterocycles. The zero-order chi connectivity index (χ0) is 10.5. The molecule has 1 aromatic rings. The zero-order valence-corrected chi connectivity index (χ0v) is 10.2. The molecule has 1 saturated heterocycles. The fourth-order valence-electron chi connectivity index (χ4n) is 2.45. The van der Waals surface area contributed by atoms with E-state index in [1.807, 2.05) is 11.3 Å². The number of hydrogen-bond acceptors (Lipinski definition) is 3. The predicted molar refractivity (Wildman–Crippen MR) is 63.2 cm³/mol. The minimum absolute atomic E-state index is 0.512. The van der Waals surface area contributed by atoms with Gasteiger partial charge in [-0.1, -0.05) is 13.8 Å². The molecule has 1 saturated carbocycles. The predicted octanol–water partition coefficient (Wildman–Crippen LogP) is 3.08. The van der Waals surface area contributed by atoms with Crippen molar-refractivity contribution in [3.8, 4) is 0 Å². The Morgan fingerprint density at radius 2 is 2.33 bits per heavy atom. The van der Waals surface area contributed by atoms with Crippen molar-refractivity contribution < 1.29 is 0 Å². The third kappa shape index (κ3) is 1.72. The van der Waals surface area contributed by atoms with Crippen LogP contribution in [-0.2, 0) is 0 Å². The second-order valence-corrected chi connectivity index (χ2v) is 6.39. The van der Waals surface area contributed by atoms with Crippen molar-refractivity contribution in [2.45, 2.75) is 45.1 Å². The summed E-state index contributed by atoms with van der Waals surface area (Å²) in [6.07, 6.45) is 3.88. The molecular weight excluding hydrogens is 204 g/mol. The van der Waals surface area contributed by atoms with E-state index >= 15 is 0 Å². The molecule has 0 radical (unpaired) electrons. The van der Waals surface area contributed by atoms with Crippen molar-refractivity contribution in [2.75, 3.05) is 6.54 Å². The summed E-state index contributed by atoms with van der Waals surface area (Å²) in [6, 6.07) is 0.539. The highest BCUT2D eigenvalue weighted by Gasteiger charge is 2.48. The Kier molecular flexibility index (Phi) is 2.15. The molecule has 2 fully saturated rings. The maximum absolute atomic E-state index is 4.81. The Balaban J connectivity index is 1.76. The highest BCUT2D eigenvalue weighted by atomic mass is 32.1. The second kappa shape index (κ2) is 3.29. The normalized spacial score (nSPS) is 33.2. The summed E-state index contributed by atoms with van der Waals surface area (Å²) in [7, 11) is 0. The maximum atomic E-state index is 4.81. The molecule has 1 aliphatic carbocycles. The summed E-state index contributed by atoms with van der Waals surface area (Å²) in [5.41, 5.74) is 1.80. The number of thiazole rings is 1. The maximum Gasteiger partial charge on any atom is 0.0965 e. The first kappa shape index (κ1) is 9.79. The highest BCUT2D eigenvalue weighted by Crippen LogP contribution is 2.59. The van der Waals surface area contributed by atoms with E-state index in [0.29, 0.717) is 11.5 Å². The molecule has 2 atom stereocenters. The van der Waals surface area contributed by atoms with Crippen LogP contribution < -0.4 is 5.32 Å². The van der Waals surface area contributed by atoms with Gasteiger partial charge in [-0.2, -0.15) is 0 Å². The number of nitrogens with one attached hydrogen (secondary N) is 1. The van der Waals surface area contributed by atoms with E-state index in [0.717, 1.165) is 12.5 Å². The minimum Gasteiger partial charge on any atom is -0.309 e. The average Bonchev–Trinajstić information content (AvgIpc) is 2.73. The van der Waals surface area contributed by atoms with Gasteiger partial charge < -0.3 is 5.32 Å². The molecule has 15 heavy (non-hydrogen) atoms. The van der Waals surface area contributed by atoms with Gasteiger partial charge in [-0.05, 0) is 31.2 Å². The van der Waals surface area contributed by atoms with Gasteiger partial charge in [0.25, 0.3) is 0 Å². The van der Waals surface area contributed by atoms with E-state index in [4.69, 9.17) is 4.98 Å². The third-order valence-electron chi connectivity index (χ3n) is 3.77. The van der Waals surface area contributed by atoms with Crippen molar-refractivity contribution in [1.29, 1.82) is 0 Å².